The largest absolute Gasteiger partial charge is 0.467 e. The first-order chi connectivity index (χ1) is 14.3. The molecule has 3 aromatic rings. The Kier molecular flexibility index (Phi) is 4.46. The third kappa shape index (κ3) is 3.04. The van der Waals surface area contributed by atoms with Gasteiger partial charge in [0.15, 0.2) is 17.3 Å². The second-order valence-electron chi connectivity index (χ2n) is 6.59. The lowest BCUT2D eigenvalue weighted by Gasteiger charge is -2.23. The summed E-state index contributed by atoms with van der Waals surface area (Å²) in [5.41, 5.74) is 6.62. The molecule has 2 N–H and O–H groups in total. The normalized spacial score (nSPS) is 15.6. The van der Waals surface area contributed by atoms with Crippen LogP contribution in [0, 0.1) is 17.1 Å². The van der Waals surface area contributed by atoms with Gasteiger partial charge in [-0.3, -0.25) is 9.48 Å². The summed E-state index contributed by atoms with van der Waals surface area (Å²) in [6.07, 6.45) is 0.580. The molecular formula is C19H16FN7O3. The van der Waals surface area contributed by atoms with Crippen molar-refractivity contribution in [2.24, 2.45) is 7.05 Å². The maximum atomic E-state index is 13.9. The Hall–Kier alpha value is -4.20. The number of hydroxylamine groups is 2. The Morgan fingerprint density at radius 3 is 2.83 bits per heavy atom. The Balaban J connectivity index is 1.99. The van der Waals surface area contributed by atoms with Gasteiger partial charge in [-0.25, -0.2) is 14.4 Å². The maximum Gasteiger partial charge on any atom is 0.307 e. The summed E-state index contributed by atoms with van der Waals surface area (Å²) in [5.74, 6) is -0.982. The minimum atomic E-state index is -0.741. The van der Waals surface area contributed by atoms with Gasteiger partial charge in [-0.15, -0.1) is 0 Å². The Morgan fingerprint density at radius 2 is 2.10 bits per heavy atom. The van der Waals surface area contributed by atoms with E-state index in [4.69, 9.17) is 15.3 Å². The van der Waals surface area contributed by atoms with Crippen molar-refractivity contribution >= 4 is 11.7 Å². The van der Waals surface area contributed by atoms with E-state index >= 15 is 0 Å². The van der Waals surface area contributed by atoms with Crippen LogP contribution in [0.5, 0.6) is 11.6 Å². The number of amides is 1. The smallest absolute Gasteiger partial charge is 0.307 e. The number of aryl methyl sites for hydroxylation is 1. The Morgan fingerprint density at radius 1 is 1.33 bits per heavy atom. The third-order valence-corrected chi connectivity index (χ3v) is 4.60. The van der Waals surface area contributed by atoms with Crippen LogP contribution in [0.15, 0.2) is 24.4 Å². The van der Waals surface area contributed by atoms with E-state index in [0.29, 0.717) is 5.56 Å². The van der Waals surface area contributed by atoms with Crippen LogP contribution in [0.2, 0.25) is 0 Å². The number of rotatable bonds is 0. The molecule has 0 radical (unpaired) electrons. The molecule has 2 aromatic heterocycles. The fourth-order valence-corrected chi connectivity index (χ4v) is 3.12. The summed E-state index contributed by atoms with van der Waals surface area (Å²) >= 11 is 0. The molecule has 11 heteroatoms. The van der Waals surface area contributed by atoms with Gasteiger partial charge in [-0.1, -0.05) is 0 Å². The zero-order valence-electron chi connectivity index (χ0n) is 16.3. The molecule has 1 atom stereocenters. The van der Waals surface area contributed by atoms with E-state index in [1.807, 2.05) is 6.07 Å². The number of ether oxygens (including phenoxy) is 1. The fourth-order valence-electron chi connectivity index (χ4n) is 3.12. The van der Waals surface area contributed by atoms with Crippen LogP contribution < -0.4 is 15.3 Å². The number of hydrogen-bond donors (Lipinski definition) is 1. The number of aromatic nitrogens is 4. The number of carbonyl (C=O) groups excluding carboxylic acids is 1. The number of nitrogens with two attached hydrogens (primary N) is 1. The molecule has 10 nitrogen and oxygen atoms in total. The number of carbonyl (C=O) groups is 1. The van der Waals surface area contributed by atoms with Crippen molar-refractivity contribution in [3.05, 3.63) is 47.2 Å². The second kappa shape index (κ2) is 7.00. The van der Waals surface area contributed by atoms with Crippen LogP contribution in [0.3, 0.4) is 0 Å². The van der Waals surface area contributed by atoms with E-state index in [1.165, 1.54) is 43.2 Å². The highest BCUT2D eigenvalue weighted by Crippen LogP contribution is 2.35. The third-order valence-electron chi connectivity index (χ3n) is 4.60. The van der Waals surface area contributed by atoms with E-state index in [1.54, 1.807) is 6.92 Å². The number of halogens is 1. The van der Waals surface area contributed by atoms with E-state index in [2.05, 4.69) is 15.1 Å². The van der Waals surface area contributed by atoms with E-state index in [-0.39, 0.29) is 40.1 Å². The van der Waals surface area contributed by atoms with Gasteiger partial charge in [0.1, 0.15) is 23.7 Å². The molecule has 2 bridgehead atoms. The molecule has 1 amide bonds. The van der Waals surface area contributed by atoms with Crippen molar-refractivity contribution in [1.82, 2.24) is 24.8 Å². The van der Waals surface area contributed by atoms with Crippen molar-refractivity contribution in [3.63, 3.8) is 0 Å². The molecule has 0 fully saturated rings. The predicted molar refractivity (Wildman–Crippen MR) is 102 cm³/mol. The number of nitrogen functional groups attached to an aromatic ring is 1. The number of nitriles is 1. The molecule has 0 spiro atoms. The van der Waals surface area contributed by atoms with Gasteiger partial charge in [-0.05, 0) is 25.1 Å². The number of benzene rings is 1. The first kappa shape index (κ1) is 19.1. The van der Waals surface area contributed by atoms with Gasteiger partial charge in [0.2, 0.25) is 0 Å². The molecule has 0 aliphatic carbocycles. The van der Waals surface area contributed by atoms with Gasteiger partial charge in [0.05, 0.1) is 17.5 Å². The lowest BCUT2D eigenvalue weighted by Crippen LogP contribution is -2.31. The fraction of sp³-hybridized carbons (Fsp3) is 0.211. The lowest BCUT2D eigenvalue weighted by molar-refractivity contribution is -0.0162. The van der Waals surface area contributed by atoms with E-state index in [0.717, 1.165) is 5.06 Å². The first-order valence-electron chi connectivity index (χ1n) is 8.82. The van der Waals surface area contributed by atoms with Gasteiger partial charge >= 0.3 is 5.91 Å². The zero-order valence-corrected chi connectivity index (χ0v) is 16.3. The number of nitrogens with zero attached hydrogens (tertiary/aromatic N) is 6. The van der Waals surface area contributed by atoms with Crippen molar-refractivity contribution < 1.29 is 18.8 Å². The lowest BCUT2D eigenvalue weighted by atomic mass is 10.1. The van der Waals surface area contributed by atoms with Crippen LogP contribution in [-0.4, -0.2) is 37.8 Å². The summed E-state index contributed by atoms with van der Waals surface area (Å²) < 4.78 is 21.0. The predicted octanol–water partition coefficient (Wildman–Crippen LogP) is 1.99. The zero-order chi connectivity index (χ0) is 21.6. The van der Waals surface area contributed by atoms with Crippen molar-refractivity contribution in [3.8, 4) is 29.0 Å². The van der Waals surface area contributed by atoms with Crippen molar-refractivity contribution in [2.45, 2.75) is 13.0 Å². The van der Waals surface area contributed by atoms with Crippen LogP contribution in [0.1, 0.15) is 34.8 Å². The minimum Gasteiger partial charge on any atom is -0.467 e. The molecule has 1 aliphatic rings. The van der Waals surface area contributed by atoms with Gasteiger partial charge < -0.3 is 15.3 Å². The Bertz CT molecular complexity index is 1220. The van der Waals surface area contributed by atoms with Crippen LogP contribution >= 0.6 is 0 Å². The summed E-state index contributed by atoms with van der Waals surface area (Å²) in [7, 11) is 2.91. The molecule has 1 unspecified atom stereocenters. The molecule has 30 heavy (non-hydrogen) atoms. The molecule has 1 aliphatic heterocycles. The highest BCUT2D eigenvalue weighted by Gasteiger charge is 2.30. The highest BCUT2D eigenvalue weighted by molar-refractivity contribution is 5.99. The number of fused-ring (bicyclic) bond motifs is 5. The van der Waals surface area contributed by atoms with Crippen molar-refractivity contribution in [1.29, 1.82) is 5.26 Å². The molecule has 1 aromatic carbocycles. The second-order valence-corrected chi connectivity index (χ2v) is 6.59. The quantitative estimate of drug-likeness (QED) is 0.596. The van der Waals surface area contributed by atoms with Crippen LogP contribution in [-0.2, 0) is 7.05 Å². The maximum absolute atomic E-state index is 13.9. The average molecular weight is 409 g/mol. The number of anilines is 1. The molecule has 0 saturated heterocycles. The Labute approximate surface area is 170 Å². The van der Waals surface area contributed by atoms with Crippen LogP contribution in [0.4, 0.5) is 10.2 Å². The summed E-state index contributed by atoms with van der Waals surface area (Å²) in [6, 6.07) is 5.83. The van der Waals surface area contributed by atoms with E-state index < -0.39 is 17.8 Å². The first-order valence-corrected chi connectivity index (χ1v) is 8.82. The van der Waals surface area contributed by atoms with E-state index in [9.17, 15) is 14.4 Å². The minimum absolute atomic E-state index is 0.00563. The summed E-state index contributed by atoms with van der Waals surface area (Å²) in [4.78, 5) is 27.2. The molecule has 3 heterocycles. The topological polar surface area (TPSA) is 132 Å². The summed E-state index contributed by atoms with van der Waals surface area (Å²) in [6.45, 7) is 1.65. The van der Waals surface area contributed by atoms with Crippen molar-refractivity contribution in [2.75, 3.05) is 12.8 Å². The standard InChI is InChI=1S/C19H16FN7O3/c1-9-11-6-10(20)4-5-14(11)30-27(3)19(28)16-15(13(7-21)26(2)25-16)12-8-23-17(22)18(24-12)29-9/h4-6,8-9H,1-3H3,(H2,22,23). The summed E-state index contributed by atoms with van der Waals surface area (Å²) in [5, 5.41) is 14.7. The van der Waals surface area contributed by atoms with Crippen LogP contribution in [0.25, 0.3) is 11.3 Å². The van der Waals surface area contributed by atoms with Gasteiger partial charge in [0.25, 0.3) is 5.88 Å². The van der Waals surface area contributed by atoms with Gasteiger partial charge in [0, 0.05) is 19.7 Å². The number of hydrogen-bond acceptors (Lipinski definition) is 8. The van der Waals surface area contributed by atoms with Gasteiger partial charge in [-0.2, -0.15) is 15.4 Å². The SMILES string of the molecule is CC1Oc2nc(cnc2N)-c2c(nn(C)c2C#N)C(=O)N(C)Oc2ccc(F)cc21. The molecular weight excluding hydrogens is 393 g/mol. The average Bonchev–Trinajstić information content (AvgIpc) is 3.05. The monoisotopic (exact) mass is 409 g/mol. The molecule has 0 saturated carbocycles. The molecule has 4 rings (SSSR count). The highest BCUT2D eigenvalue weighted by atomic mass is 19.1. The molecule has 152 valence electrons.